The van der Waals surface area contributed by atoms with Crippen LogP contribution in [0.1, 0.15) is 45.5 Å². The number of halogens is 1. The molecule has 0 fully saturated rings. The Balaban J connectivity index is 1.66. The molecule has 1 heterocycles. The Morgan fingerprint density at radius 1 is 0.810 bits per heavy atom. The molecule has 0 spiro atoms. The first-order valence-corrected chi connectivity index (χ1v) is 8.74. The van der Waals surface area contributed by atoms with E-state index in [1.165, 1.54) is 42.4 Å². The van der Waals surface area contributed by atoms with Gasteiger partial charge >= 0.3 is 0 Å². The molecule has 4 rings (SSSR count). The second kappa shape index (κ2) is 5.49. The van der Waals surface area contributed by atoms with Gasteiger partial charge in [-0.1, -0.05) is 46.3 Å². The van der Waals surface area contributed by atoms with Crippen LogP contribution in [0.15, 0.2) is 36.4 Å². The molecule has 1 aliphatic carbocycles. The van der Waals surface area contributed by atoms with Crippen molar-refractivity contribution < 1.29 is 4.74 Å². The Labute approximate surface area is 134 Å². The Morgan fingerprint density at radius 2 is 1.52 bits per heavy atom. The summed E-state index contributed by atoms with van der Waals surface area (Å²) in [6.07, 6.45) is 6.20. The number of alkyl halides is 1. The molecule has 108 valence electrons. The molecule has 21 heavy (non-hydrogen) atoms. The van der Waals surface area contributed by atoms with Crippen LogP contribution in [0.4, 0.5) is 0 Å². The van der Waals surface area contributed by atoms with Crippen LogP contribution in [0.2, 0.25) is 0 Å². The van der Waals surface area contributed by atoms with E-state index in [2.05, 4.69) is 52.3 Å². The van der Waals surface area contributed by atoms with Gasteiger partial charge in [0, 0.05) is 6.42 Å². The van der Waals surface area contributed by atoms with Gasteiger partial charge in [-0.25, -0.2) is 0 Å². The molecule has 0 N–H and O–H groups in total. The number of hydrogen-bond donors (Lipinski definition) is 0. The average Bonchev–Trinajstić information content (AvgIpc) is 3.01. The Bertz CT molecular complexity index is 677. The van der Waals surface area contributed by atoms with Crippen LogP contribution >= 0.6 is 15.9 Å². The monoisotopic (exact) mass is 342 g/mol. The minimum atomic E-state index is 0.274. The van der Waals surface area contributed by atoms with Crippen LogP contribution in [-0.4, -0.2) is 6.61 Å². The molecule has 2 aliphatic rings. The topological polar surface area (TPSA) is 9.23 Å². The van der Waals surface area contributed by atoms with Crippen LogP contribution in [-0.2, 0) is 19.3 Å². The van der Waals surface area contributed by atoms with Gasteiger partial charge in [0.2, 0.25) is 0 Å². The molecule has 0 aromatic heterocycles. The minimum absolute atomic E-state index is 0.274. The molecule has 2 heteroatoms. The van der Waals surface area contributed by atoms with E-state index in [-0.39, 0.29) is 4.83 Å². The summed E-state index contributed by atoms with van der Waals surface area (Å²) in [5.74, 6) is 1.06. The zero-order valence-electron chi connectivity index (χ0n) is 12.1. The fourth-order valence-electron chi connectivity index (χ4n) is 3.47. The van der Waals surface area contributed by atoms with Crippen LogP contribution in [0.3, 0.4) is 0 Å². The predicted molar refractivity (Wildman–Crippen MR) is 89.5 cm³/mol. The van der Waals surface area contributed by atoms with Crippen molar-refractivity contribution in [2.24, 2.45) is 0 Å². The molecule has 0 radical (unpaired) electrons. The van der Waals surface area contributed by atoms with E-state index in [1.54, 1.807) is 11.1 Å². The summed E-state index contributed by atoms with van der Waals surface area (Å²) in [5, 5.41) is 0. The summed E-state index contributed by atoms with van der Waals surface area (Å²) in [6.45, 7) is 0.824. The van der Waals surface area contributed by atoms with E-state index in [0.29, 0.717) is 0 Å². The second-order valence-corrected chi connectivity index (χ2v) is 6.98. The smallest absolute Gasteiger partial charge is 0.122 e. The van der Waals surface area contributed by atoms with Crippen molar-refractivity contribution in [1.29, 1.82) is 0 Å². The zero-order valence-corrected chi connectivity index (χ0v) is 13.7. The highest BCUT2D eigenvalue weighted by molar-refractivity contribution is 9.09. The second-order valence-electron chi connectivity index (χ2n) is 6.06. The lowest BCUT2D eigenvalue weighted by molar-refractivity contribution is 0.357. The summed E-state index contributed by atoms with van der Waals surface area (Å²) in [5.41, 5.74) is 7.14. The molecular formula is C19H19BrO. The summed E-state index contributed by atoms with van der Waals surface area (Å²) in [4.78, 5) is 0.274. The first kappa shape index (κ1) is 13.4. The van der Waals surface area contributed by atoms with Gasteiger partial charge < -0.3 is 4.74 Å². The fraction of sp³-hybridized carbons (Fsp3) is 0.368. The number of hydrogen-bond acceptors (Lipinski definition) is 1. The maximum absolute atomic E-state index is 5.60. The summed E-state index contributed by atoms with van der Waals surface area (Å²) >= 11 is 3.89. The van der Waals surface area contributed by atoms with Gasteiger partial charge in [-0.05, 0) is 59.6 Å². The normalized spacial score (nSPS) is 17.8. The van der Waals surface area contributed by atoms with Gasteiger partial charge in [-0.2, -0.15) is 0 Å². The van der Waals surface area contributed by atoms with E-state index < -0.39 is 0 Å². The van der Waals surface area contributed by atoms with E-state index in [0.717, 1.165) is 18.8 Å². The average molecular weight is 343 g/mol. The number of fused-ring (bicyclic) bond motifs is 2. The SMILES string of the molecule is BrC(c1ccc2c(c1)CCCC2)c1ccc2c(c1)CCO2. The lowest BCUT2D eigenvalue weighted by Gasteiger charge is -2.19. The van der Waals surface area contributed by atoms with Crippen LogP contribution < -0.4 is 4.74 Å². The third-order valence-corrected chi connectivity index (χ3v) is 5.73. The van der Waals surface area contributed by atoms with Crippen molar-refractivity contribution in [3.05, 3.63) is 64.2 Å². The van der Waals surface area contributed by atoms with Crippen molar-refractivity contribution in [3.8, 4) is 5.75 Å². The van der Waals surface area contributed by atoms with Gasteiger partial charge in [-0.15, -0.1) is 0 Å². The van der Waals surface area contributed by atoms with Crippen molar-refractivity contribution in [1.82, 2.24) is 0 Å². The Kier molecular flexibility index (Phi) is 3.50. The summed E-state index contributed by atoms with van der Waals surface area (Å²) in [6, 6.07) is 13.6. The van der Waals surface area contributed by atoms with E-state index in [9.17, 15) is 0 Å². The maximum atomic E-state index is 5.60. The van der Waals surface area contributed by atoms with Crippen LogP contribution in [0.25, 0.3) is 0 Å². The van der Waals surface area contributed by atoms with Gasteiger partial charge in [0.25, 0.3) is 0 Å². The number of aryl methyl sites for hydroxylation is 2. The highest BCUT2D eigenvalue weighted by Crippen LogP contribution is 2.36. The minimum Gasteiger partial charge on any atom is -0.493 e. The van der Waals surface area contributed by atoms with Crippen molar-refractivity contribution in [3.63, 3.8) is 0 Å². The van der Waals surface area contributed by atoms with Gasteiger partial charge in [-0.3, -0.25) is 0 Å². The molecule has 0 saturated heterocycles. The number of ether oxygens (including phenoxy) is 1. The molecule has 1 nitrogen and oxygen atoms in total. The third kappa shape index (κ3) is 2.50. The Hall–Kier alpha value is -1.28. The largest absolute Gasteiger partial charge is 0.493 e. The van der Waals surface area contributed by atoms with Gasteiger partial charge in [0.05, 0.1) is 11.4 Å². The maximum Gasteiger partial charge on any atom is 0.122 e. The molecule has 0 bridgehead atoms. The summed E-state index contributed by atoms with van der Waals surface area (Å²) < 4.78 is 5.60. The van der Waals surface area contributed by atoms with E-state index >= 15 is 0 Å². The quantitative estimate of drug-likeness (QED) is 0.699. The van der Waals surface area contributed by atoms with Gasteiger partial charge in [0.1, 0.15) is 5.75 Å². The summed E-state index contributed by atoms with van der Waals surface area (Å²) in [7, 11) is 0. The molecule has 0 amide bonds. The van der Waals surface area contributed by atoms with Crippen molar-refractivity contribution in [2.45, 2.75) is 36.9 Å². The predicted octanol–water partition coefficient (Wildman–Crippen LogP) is 4.98. The molecular weight excluding hydrogens is 324 g/mol. The van der Waals surface area contributed by atoms with Gasteiger partial charge in [0.15, 0.2) is 0 Å². The van der Waals surface area contributed by atoms with Crippen molar-refractivity contribution in [2.75, 3.05) is 6.61 Å². The molecule has 1 atom stereocenters. The number of rotatable bonds is 2. The Morgan fingerprint density at radius 3 is 2.38 bits per heavy atom. The molecule has 1 aliphatic heterocycles. The highest BCUT2D eigenvalue weighted by Gasteiger charge is 2.18. The zero-order chi connectivity index (χ0) is 14.2. The molecule has 2 aromatic rings. The standard InChI is InChI=1S/C19H19BrO/c20-19(17-7-8-18-15(12-17)9-10-21-18)16-6-5-13-3-1-2-4-14(13)11-16/h5-8,11-12,19H,1-4,9-10H2. The fourth-order valence-corrected chi connectivity index (χ4v) is 4.04. The van der Waals surface area contributed by atoms with Crippen molar-refractivity contribution >= 4 is 15.9 Å². The lowest BCUT2D eigenvalue weighted by Crippen LogP contribution is -2.04. The molecule has 2 aromatic carbocycles. The first-order chi connectivity index (χ1) is 10.3. The molecule has 0 saturated carbocycles. The highest BCUT2D eigenvalue weighted by atomic mass is 79.9. The third-order valence-electron chi connectivity index (χ3n) is 4.67. The van der Waals surface area contributed by atoms with E-state index in [1.807, 2.05) is 0 Å². The lowest BCUT2D eigenvalue weighted by atomic mass is 9.89. The first-order valence-electron chi connectivity index (χ1n) is 7.83. The van der Waals surface area contributed by atoms with E-state index in [4.69, 9.17) is 4.74 Å². The van der Waals surface area contributed by atoms with Crippen LogP contribution in [0.5, 0.6) is 5.75 Å². The number of benzene rings is 2. The van der Waals surface area contributed by atoms with Crippen LogP contribution in [0, 0.1) is 0 Å². The molecule has 1 unspecified atom stereocenters.